The lowest BCUT2D eigenvalue weighted by Crippen LogP contribution is -2.32. The van der Waals surface area contributed by atoms with Crippen molar-refractivity contribution in [2.75, 3.05) is 13.1 Å². The van der Waals surface area contributed by atoms with Gasteiger partial charge in [-0.15, -0.1) is 0 Å². The third kappa shape index (κ3) is 3.47. The Morgan fingerprint density at radius 2 is 1.85 bits per heavy atom. The SMILES string of the molecule is Brc1ccc(C2CCN(Cc3cccnc3)CC2)cc1. The molecule has 3 heteroatoms. The van der Waals surface area contributed by atoms with Crippen LogP contribution in [0.3, 0.4) is 0 Å². The van der Waals surface area contributed by atoms with Gasteiger partial charge in [-0.1, -0.05) is 34.1 Å². The van der Waals surface area contributed by atoms with Gasteiger partial charge in [-0.25, -0.2) is 0 Å². The van der Waals surface area contributed by atoms with E-state index in [1.165, 1.54) is 37.1 Å². The molecule has 104 valence electrons. The Bertz CT molecular complexity index is 531. The number of rotatable bonds is 3. The standard InChI is InChI=1S/C17H19BrN2/c18-17-5-3-15(4-6-17)16-7-10-20(11-8-16)13-14-2-1-9-19-12-14/h1-6,9,12,16H,7-8,10-11,13H2. The molecule has 2 heterocycles. The highest BCUT2D eigenvalue weighted by atomic mass is 79.9. The molecule has 1 aliphatic heterocycles. The lowest BCUT2D eigenvalue weighted by molar-refractivity contribution is 0.204. The molecular weight excluding hydrogens is 312 g/mol. The van der Waals surface area contributed by atoms with Crippen molar-refractivity contribution in [2.24, 2.45) is 0 Å². The molecule has 1 saturated heterocycles. The average Bonchev–Trinajstić information content (AvgIpc) is 2.50. The topological polar surface area (TPSA) is 16.1 Å². The second kappa shape index (κ2) is 6.51. The molecule has 0 bridgehead atoms. The molecule has 1 aromatic carbocycles. The summed E-state index contributed by atoms with van der Waals surface area (Å²) in [6, 6.07) is 13.0. The van der Waals surface area contributed by atoms with Crippen LogP contribution >= 0.6 is 15.9 Å². The van der Waals surface area contributed by atoms with Gasteiger partial charge in [0.15, 0.2) is 0 Å². The number of hydrogen-bond donors (Lipinski definition) is 0. The molecule has 0 N–H and O–H groups in total. The van der Waals surface area contributed by atoms with E-state index in [0.29, 0.717) is 5.92 Å². The summed E-state index contributed by atoms with van der Waals surface area (Å²) in [5.74, 6) is 0.716. The van der Waals surface area contributed by atoms with Gasteiger partial charge in [0.25, 0.3) is 0 Å². The Morgan fingerprint density at radius 1 is 1.10 bits per heavy atom. The van der Waals surface area contributed by atoms with Crippen LogP contribution in [0.1, 0.15) is 29.9 Å². The fraction of sp³-hybridized carbons (Fsp3) is 0.353. The fourth-order valence-electron chi connectivity index (χ4n) is 2.91. The zero-order valence-electron chi connectivity index (χ0n) is 11.5. The minimum Gasteiger partial charge on any atom is -0.299 e. The number of hydrogen-bond acceptors (Lipinski definition) is 2. The Morgan fingerprint density at radius 3 is 2.50 bits per heavy atom. The van der Waals surface area contributed by atoms with Gasteiger partial charge in [0.05, 0.1) is 0 Å². The number of halogens is 1. The van der Waals surface area contributed by atoms with E-state index in [0.717, 1.165) is 11.0 Å². The number of aromatic nitrogens is 1. The number of likely N-dealkylation sites (tertiary alicyclic amines) is 1. The van der Waals surface area contributed by atoms with Gasteiger partial charge in [0.1, 0.15) is 0 Å². The fourth-order valence-corrected chi connectivity index (χ4v) is 3.17. The van der Waals surface area contributed by atoms with Gasteiger partial charge in [0, 0.05) is 23.4 Å². The Hall–Kier alpha value is -1.19. The summed E-state index contributed by atoms with van der Waals surface area (Å²) in [7, 11) is 0. The number of nitrogens with zero attached hydrogens (tertiary/aromatic N) is 2. The van der Waals surface area contributed by atoms with E-state index in [1.54, 1.807) is 0 Å². The second-order valence-electron chi connectivity index (χ2n) is 5.46. The molecule has 2 aromatic rings. The lowest BCUT2D eigenvalue weighted by atomic mass is 9.89. The predicted octanol–water partition coefficient (Wildman–Crippen LogP) is 4.22. The van der Waals surface area contributed by atoms with Crippen LogP contribution in [0.25, 0.3) is 0 Å². The molecule has 1 aliphatic rings. The molecule has 1 aromatic heterocycles. The summed E-state index contributed by atoms with van der Waals surface area (Å²) in [5.41, 5.74) is 2.80. The van der Waals surface area contributed by atoms with Gasteiger partial charge < -0.3 is 0 Å². The number of benzene rings is 1. The Balaban J connectivity index is 1.55. The van der Waals surface area contributed by atoms with Crippen molar-refractivity contribution < 1.29 is 0 Å². The molecule has 0 unspecified atom stereocenters. The molecule has 0 aliphatic carbocycles. The molecule has 0 spiro atoms. The molecule has 2 nitrogen and oxygen atoms in total. The molecule has 0 atom stereocenters. The molecule has 0 saturated carbocycles. The van der Waals surface area contributed by atoms with Gasteiger partial charge in [-0.05, 0) is 61.2 Å². The first-order chi connectivity index (χ1) is 9.81. The van der Waals surface area contributed by atoms with Crippen molar-refractivity contribution in [3.63, 3.8) is 0 Å². The van der Waals surface area contributed by atoms with E-state index in [2.05, 4.69) is 56.1 Å². The average molecular weight is 331 g/mol. The van der Waals surface area contributed by atoms with Crippen LogP contribution in [-0.4, -0.2) is 23.0 Å². The third-order valence-corrected chi connectivity index (χ3v) is 4.59. The second-order valence-corrected chi connectivity index (χ2v) is 6.38. The molecule has 3 rings (SSSR count). The van der Waals surface area contributed by atoms with Crippen LogP contribution in [0.15, 0.2) is 53.3 Å². The molecular formula is C17H19BrN2. The maximum atomic E-state index is 4.19. The molecule has 0 radical (unpaired) electrons. The first-order valence-electron chi connectivity index (χ1n) is 7.18. The summed E-state index contributed by atoms with van der Waals surface area (Å²) in [5, 5.41) is 0. The van der Waals surface area contributed by atoms with Crippen LogP contribution < -0.4 is 0 Å². The van der Waals surface area contributed by atoms with E-state index in [1.807, 2.05) is 18.5 Å². The lowest BCUT2D eigenvalue weighted by Gasteiger charge is -2.32. The Kier molecular flexibility index (Phi) is 4.48. The highest BCUT2D eigenvalue weighted by Crippen LogP contribution is 2.29. The monoisotopic (exact) mass is 330 g/mol. The first kappa shape index (κ1) is 13.8. The van der Waals surface area contributed by atoms with Gasteiger partial charge in [0.2, 0.25) is 0 Å². The van der Waals surface area contributed by atoms with Gasteiger partial charge in [-0.2, -0.15) is 0 Å². The maximum absolute atomic E-state index is 4.19. The van der Waals surface area contributed by atoms with E-state index in [9.17, 15) is 0 Å². The highest BCUT2D eigenvalue weighted by Gasteiger charge is 2.20. The van der Waals surface area contributed by atoms with Crippen molar-refractivity contribution in [3.05, 3.63) is 64.4 Å². The summed E-state index contributed by atoms with van der Waals surface area (Å²) >= 11 is 3.50. The minimum atomic E-state index is 0.716. The van der Waals surface area contributed by atoms with Crippen LogP contribution in [0.2, 0.25) is 0 Å². The minimum absolute atomic E-state index is 0.716. The maximum Gasteiger partial charge on any atom is 0.0312 e. The first-order valence-corrected chi connectivity index (χ1v) is 7.97. The normalized spacial score (nSPS) is 17.2. The van der Waals surface area contributed by atoms with Crippen LogP contribution in [0, 0.1) is 0 Å². The molecule has 1 fully saturated rings. The van der Waals surface area contributed by atoms with Crippen molar-refractivity contribution in [1.29, 1.82) is 0 Å². The molecule has 0 amide bonds. The summed E-state index contributed by atoms with van der Waals surface area (Å²) in [6.07, 6.45) is 6.31. The van der Waals surface area contributed by atoms with Crippen molar-refractivity contribution in [3.8, 4) is 0 Å². The van der Waals surface area contributed by atoms with E-state index < -0.39 is 0 Å². The summed E-state index contributed by atoms with van der Waals surface area (Å²) in [6.45, 7) is 3.38. The Labute approximate surface area is 129 Å². The van der Waals surface area contributed by atoms with Crippen LogP contribution in [0.5, 0.6) is 0 Å². The molecule has 20 heavy (non-hydrogen) atoms. The third-order valence-electron chi connectivity index (χ3n) is 4.06. The predicted molar refractivity (Wildman–Crippen MR) is 85.6 cm³/mol. The zero-order valence-corrected chi connectivity index (χ0v) is 13.1. The summed E-state index contributed by atoms with van der Waals surface area (Å²) in [4.78, 5) is 6.72. The van der Waals surface area contributed by atoms with E-state index in [4.69, 9.17) is 0 Å². The zero-order chi connectivity index (χ0) is 13.8. The summed E-state index contributed by atoms with van der Waals surface area (Å²) < 4.78 is 1.16. The van der Waals surface area contributed by atoms with Crippen molar-refractivity contribution in [1.82, 2.24) is 9.88 Å². The van der Waals surface area contributed by atoms with Crippen LogP contribution in [0.4, 0.5) is 0 Å². The number of piperidine rings is 1. The quantitative estimate of drug-likeness (QED) is 0.837. The van der Waals surface area contributed by atoms with Gasteiger partial charge >= 0.3 is 0 Å². The van der Waals surface area contributed by atoms with Gasteiger partial charge in [-0.3, -0.25) is 9.88 Å². The highest BCUT2D eigenvalue weighted by molar-refractivity contribution is 9.10. The number of pyridine rings is 1. The largest absolute Gasteiger partial charge is 0.299 e. The van der Waals surface area contributed by atoms with E-state index >= 15 is 0 Å². The van der Waals surface area contributed by atoms with E-state index in [-0.39, 0.29) is 0 Å². The van der Waals surface area contributed by atoms with Crippen LogP contribution in [-0.2, 0) is 6.54 Å². The van der Waals surface area contributed by atoms with Crippen molar-refractivity contribution in [2.45, 2.75) is 25.3 Å². The van der Waals surface area contributed by atoms with Crippen molar-refractivity contribution >= 4 is 15.9 Å². The smallest absolute Gasteiger partial charge is 0.0312 e.